The number of carbonyl (C=O) groups is 4. The molecule has 10 fully saturated rings. The summed E-state index contributed by atoms with van der Waals surface area (Å²) in [4.78, 5) is 54.7. The van der Waals surface area contributed by atoms with Gasteiger partial charge in [-0.05, 0) is 107 Å². The second-order valence-electron chi connectivity index (χ2n) is 30.4. The van der Waals surface area contributed by atoms with Crippen molar-refractivity contribution in [3.05, 3.63) is 11.6 Å². The van der Waals surface area contributed by atoms with Gasteiger partial charge in [0.1, 0.15) is 103 Å². The first-order valence-electron chi connectivity index (χ1n) is 33.3. The van der Waals surface area contributed by atoms with Crippen molar-refractivity contribution in [1.29, 1.82) is 0 Å². The topological polar surface area (TPSA) is 442 Å². The lowest BCUT2D eigenvalue weighted by Crippen LogP contribution is -2.77. The van der Waals surface area contributed by atoms with Gasteiger partial charge in [0.2, 0.25) is 0 Å². The fourth-order valence-corrected chi connectivity index (χ4v) is 19.6. The summed E-state index contributed by atoms with van der Waals surface area (Å²) in [6.45, 7) is 20.5. The Balaban J connectivity index is 0.992. The maximum atomic E-state index is 13.9. The molecule has 0 radical (unpaired) electrons. The van der Waals surface area contributed by atoms with E-state index in [1.165, 1.54) is 13.8 Å². The predicted molar refractivity (Wildman–Crippen MR) is 317 cm³/mol. The van der Waals surface area contributed by atoms with E-state index in [9.17, 15) is 85.6 Å². The van der Waals surface area contributed by atoms with Gasteiger partial charge in [0.25, 0.3) is 0 Å². The van der Waals surface area contributed by atoms with Gasteiger partial charge < -0.3 is 123 Å². The van der Waals surface area contributed by atoms with Crippen LogP contribution in [-0.2, 0) is 76.0 Å². The molecule has 29 heteroatoms. The number of rotatable bonds is 17. The Bertz CT molecular complexity index is 2780. The van der Waals surface area contributed by atoms with Gasteiger partial charge >= 0.3 is 23.9 Å². The van der Waals surface area contributed by atoms with Gasteiger partial charge in [0.05, 0.1) is 31.0 Å². The van der Waals surface area contributed by atoms with Crippen LogP contribution in [0.5, 0.6) is 0 Å². The number of carboxylic acids is 1. The number of hydrogen-bond acceptors (Lipinski definition) is 28. The molecule has 33 atom stereocenters. The molecule has 1 spiro atoms. The van der Waals surface area contributed by atoms with Crippen LogP contribution in [0.3, 0.4) is 0 Å². The highest BCUT2D eigenvalue weighted by Gasteiger charge is 2.86. The zero-order valence-electron chi connectivity index (χ0n) is 55.6. The molecule has 10 aliphatic rings. The van der Waals surface area contributed by atoms with Gasteiger partial charge in [-0.15, -0.1) is 0 Å². The monoisotopic (exact) mass is 1350 g/mol. The van der Waals surface area contributed by atoms with Crippen molar-refractivity contribution in [2.75, 3.05) is 13.2 Å². The van der Waals surface area contributed by atoms with E-state index in [1.807, 2.05) is 34.6 Å². The average Bonchev–Trinajstić information content (AvgIpc) is 1.37. The molecule has 0 amide bonds. The van der Waals surface area contributed by atoms with Crippen molar-refractivity contribution in [2.45, 2.75) is 306 Å². The fourth-order valence-electron chi connectivity index (χ4n) is 19.6. The molecule has 94 heavy (non-hydrogen) atoms. The van der Waals surface area contributed by atoms with E-state index in [1.54, 1.807) is 19.9 Å². The highest BCUT2D eigenvalue weighted by atomic mass is 16.8. The van der Waals surface area contributed by atoms with Crippen LogP contribution in [0.2, 0.25) is 0 Å². The van der Waals surface area contributed by atoms with Crippen LogP contribution in [0.4, 0.5) is 0 Å². The summed E-state index contributed by atoms with van der Waals surface area (Å²) in [5, 5.41) is 145. The summed E-state index contributed by atoms with van der Waals surface area (Å²) in [5.74, 6) is -4.47. The van der Waals surface area contributed by atoms with Gasteiger partial charge in [-0.1, -0.05) is 61.5 Å². The number of esters is 3. The van der Waals surface area contributed by atoms with Crippen molar-refractivity contribution in [3.8, 4) is 0 Å². The normalized spacial score (nSPS) is 51.2. The number of aliphatic carboxylic acids is 1. The lowest BCUT2D eigenvalue weighted by molar-refractivity contribution is -0.406. The van der Waals surface area contributed by atoms with Crippen LogP contribution in [0, 0.1) is 50.2 Å². The molecule has 536 valence electrons. The molecule has 10 rings (SSSR count). The maximum absolute atomic E-state index is 13.9. The molecule has 2 bridgehead atoms. The van der Waals surface area contributed by atoms with E-state index < -0.39 is 235 Å². The lowest BCUT2D eigenvalue weighted by atomic mass is 9.30. The zero-order chi connectivity index (χ0) is 69.2. The Labute approximate surface area is 546 Å². The standard InChI is InChI=1S/C65H102O29/c1-13-15-36(69)88-51-50(93-53(81)26(3)14-2)59(6,7)22-33-64-21-17-32-61(10)19-18-34(60(8,9)31(61)16-20-62(32,11)63(64,12)23-35(84-28(5)68)65(33,51)58(82)94-64)87-57-49(92-55-44(77)41(74)38(71)29(24-66)85-55)46(45(78)47(90-57)52(79)80)89-56-48(42(75)39(72)30(25-67)86-56)91-54-43(76)40(73)37(70)27(4)83-54/h14,27,29-35,37-51,54-58,66-67,70-78,82H,13,15-25H2,1-12H3,(H,79,80)/b26-14-/t27-,29-,30-,31+,32+,33-,34-,35-,37-,38+,39-,40+,41-,42-,43-,44+,45+,46-,47+,48-,49-,50+,51+,54-,55+,56+,57-,58-,61-,62-,63+,64-,65+/m1/s1. The second kappa shape index (κ2) is 26.7. The Kier molecular flexibility index (Phi) is 20.9. The minimum Gasteiger partial charge on any atom is -0.479 e. The van der Waals surface area contributed by atoms with Gasteiger partial charge in [0.15, 0.2) is 43.7 Å². The number of fused-ring (bicyclic) bond motifs is 4. The number of ether oxygens (including phenoxy) is 12. The second-order valence-corrected chi connectivity index (χ2v) is 30.4. The van der Waals surface area contributed by atoms with E-state index in [0.717, 1.165) is 0 Å². The van der Waals surface area contributed by atoms with Crippen LogP contribution in [0.15, 0.2) is 11.6 Å². The fraction of sp³-hybridized carbons (Fsp3) is 0.908. The third kappa shape index (κ3) is 11.6. The molecular formula is C65H102O29. The minimum absolute atomic E-state index is 0.0266. The summed E-state index contributed by atoms with van der Waals surface area (Å²) in [6, 6.07) is 0. The minimum atomic E-state index is -2.31. The Hall–Kier alpha value is -3.22. The molecule has 0 aromatic heterocycles. The zero-order valence-corrected chi connectivity index (χ0v) is 55.6. The first-order valence-corrected chi connectivity index (χ1v) is 33.3. The molecule has 0 aromatic rings. The van der Waals surface area contributed by atoms with Crippen LogP contribution < -0.4 is 0 Å². The molecule has 29 nitrogen and oxygen atoms in total. The molecule has 0 unspecified atom stereocenters. The van der Waals surface area contributed by atoms with Crippen molar-refractivity contribution in [2.24, 2.45) is 50.2 Å². The Morgan fingerprint density at radius 1 is 0.564 bits per heavy atom. The van der Waals surface area contributed by atoms with Crippen molar-refractivity contribution < 1.29 is 142 Å². The number of carboxylic acid groups (broad SMARTS) is 1. The van der Waals surface area contributed by atoms with E-state index in [-0.39, 0.29) is 31.1 Å². The summed E-state index contributed by atoms with van der Waals surface area (Å²) >= 11 is 0. The third-order valence-corrected chi connectivity index (χ3v) is 24.7. The van der Waals surface area contributed by atoms with E-state index >= 15 is 0 Å². The quantitative estimate of drug-likeness (QED) is 0.0377. The largest absolute Gasteiger partial charge is 0.479 e. The smallest absolute Gasteiger partial charge is 0.335 e. The molecule has 5 saturated carbocycles. The van der Waals surface area contributed by atoms with Crippen LogP contribution in [-0.4, -0.2) is 263 Å². The first-order chi connectivity index (χ1) is 43.9. The van der Waals surface area contributed by atoms with Crippen LogP contribution in [0.1, 0.15) is 147 Å². The SMILES string of the molecule is C/C=C(/C)C(=O)O[C@H]1[C@H](OC(=O)CCC)[C@@]23[C@H](O)O[C@]4(CC[C@H]5[C@]6(C)CC[C@@H](O[C@@H]7O[C@H](C(=O)O)[C@@H](O)[C@@H](O[C@@H]8O[C@H](CO)[C@@H](O)[C@@H](O)[C@H]8O[C@H]8O[C@H](C)[C@@H](O)[C@H](O)[C@H]8O)[C@H]7O[C@@H]7O[C@H](CO)[C@H](O)[C@@H](O)[C@@H]7O)C(C)(C)[C@@H]6CC[C@@]5(C)[C@]4(C)C[C@H]2OC(C)=O)[C@H]3CC1(C)C. The predicted octanol–water partition coefficient (Wildman–Crippen LogP) is -0.532. The molecule has 5 aliphatic carbocycles. The molecular weight excluding hydrogens is 1240 g/mol. The first kappa shape index (κ1) is 73.5. The number of aliphatic hydroxyl groups excluding tert-OH is 12. The van der Waals surface area contributed by atoms with E-state index in [0.29, 0.717) is 50.5 Å². The third-order valence-electron chi connectivity index (χ3n) is 24.7. The van der Waals surface area contributed by atoms with Gasteiger partial charge in [-0.3, -0.25) is 9.59 Å². The molecule has 0 aromatic carbocycles. The van der Waals surface area contributed by atoms with E-state index in [2.05, 4.69) is 20.8 Å². The molecule has 5 heterocycles. The average molecular weight is 1350 g/mol. The number of hydrogen-bond donors (Lipinski definition) is 13. The van der Waals surface area contributed by atoms with Gasteiger partial charge in [-0.2, -0.15) is 0 Å². The molecule has 5 aliphatic heterocycles. The summed E-state index contributed by atoms with van der Waals surface area (Å²) in [5.41, 5.74) is -6.15. The summed E-state index contributed by atoms with van der Waals surface area (Å²) in [7, 11) is 0. The highest BCUT2D eigenvalue weighted by Crippen LogP contribution is 2.82. The number of carbonyl (C=O) groups excluding carboxylic acids is 3. The van der Waals surface area contributed by atoms with Crippen LogP contribution in [0.25, 0.3) is 0 Å². The molecule has 13 N–H and O–H groups in total. The van der Waals surface area contributed by atoms with Crippen molar-refractivity contribution in [3.63, 3.8) is 0 Å². The lowest BCUT2D eigenvalue weighted by Gasteiger charge is -2.75. The van der Waals surface area contributed by atoms with Crippen LogP contribution >= 0.6 is 0 Å². The maximum Gasteiger partial charge on any atom is 0.335 e. The van der Waals surface area contributed by atoms with Crippen molar-refractivity contribution in [1.82, 2.24) is 0 Å². The summed E-state index contributed by atoms with van der Waals surface area (Å²) in [6.07, 6.45) is -39.0. The highest BCUT2D eigenvalue weighted by molar-refractivity contribution is 5.88. The van der Waals surface area contributed by atoms with Crippen molar-refractivity contribution >= 4 is 23.9 Å². The molecule has 5 saturated heterocycles. The Morgan fingerprint density at radius 2 is 1.14 bits per heavy atom. The van der Waals surface area contributed by atoms with Gasteiger partial charge in [0, 0.05) is 35.7 Å². The Morgan fingerprint density at radius 3 is 1.74 bits per heavy atom. The van der Waals surface area contributed by atoms with Gasteiger partial charge in [-0.25, -0.2) is 9.59 Å². The number of allylic oxidation sites excluding steroid dienone is 1. The van der Waals surface area contributed by atoms with E-state index in [4.69, 9.17) is 56.8 Å². The number of aliphatic hydroxyl groups is 12. The summed E-state index contributed by atoms with van der Waals surface area (Å²) < 4.78 is 76.0.